The minimum atomic E-state index is 0.304. The van der Waals surface area contributed by atoms with Crippen LogP contribution in [-0.4, -0.2) is 43.8 Å². The molecule has 2 rings (SSSR count). The second-order valence-corrected chi connectivity index (χ2v) is 5.89. The summed E-state index contributed by atoms with van der Waals surface area (Å²) in [4.78, 5) is 2.44. The second kappa shape index (κ2) is 7.39. The fraction of sp³-hybridized carbons (Fsp3) is 0.600. The molecular weight excluding hydrogens is 304 g/mol. The number of halogens is 1. The molecule has 1 unspecified atom stereocenters. The van der Waals surface area contributed by atoms with Gasteiger partial charge in [-0.25, -0.2) is 0 Å². The predicted octanol–water partition coefficient (Wildman–Crippen LogP) is 2.82. The molecule has 1 N–H and O–H groups in total. The molecule has 1 aliphatic rings. The van der Waals surface area contributed by atoms with Crippen molar-refractivity contribution in [2.24, 2.45) is 0 Å². The highest BCUT2D eigenvalue weighted by Crippen LogP contribution is 2.22. The quantitative estimate of drug-likeness (QED) is 0.900. The van der Waals surface area contributed by atoms with Crippen molar-refractivity contribution in [2.45, 2.75) is 26.0 Å². The number of ether oxygens (including phenoxy) is 1. The molecule has 0 bridgehead atoms. The van der Waals surface area contributed by atoms with Crippen LogP contribution in [0.4, 0.5) is 0 Å². The van der Waals surface area contributed by atoms with Gasteiger partial charge >= 0.3 is 0 Å². The summed E-state index contributed by atoms with van der Waals surface area (Å²) in [7, 11) is 0. The molecule has 0 radical (unpaired) electrons. The summed E-state index contributed by atoms with van der Waals surface area (Å²) in [6.45, 7) is 9.36. The van der Waals surface area contributed by atoms with E-state index in [1.807, 2.05) is 6.07 Å². The van der Waals surface area contributed by atoms with Crippen molar-refractivity contribution in [1.82, 2.24) is 10.2 Å². The van der Waals surface area contributed by atoms with Crippen molar-refractivity contribution in [3.8, 4) is 0 Å². The first-order valence-corrected chi connectivity index (χ1v) is 7.81. The molecule has 0 amide bonds. The minimum absolute atomic E-state index is 0.304. The summed E-state index contributed by atoms with van der Waals surface area (Å²) in [5.74, 6) is 0. The topological polar surface area (TPSA) is 24.5 Å². The lowest BCUT2D eigenvalue weighted by atomic mass is 10.1. The maximum Gasteiger partial charge on any atom is 0.0826 e. The van der Waals surface area contributed by atoms with Gasteiger partial charge in [0.15, 0.2) is 0 Å². The normalized spacial score (nSPS) is 22.4. The highest BCUT2D eigenvalue weighted by Gasteiger charge is 2.20. The fourth-order valence-electron chi connectivity index (χ4n) is 2.44. The van der Waals surface area contributed by atoms with E-state index in [9.17, 15) is 0 Å². The molecule has 1 aromatic carbocycles. The molecule has 106 valence electrons. The Morgan fingerprint density at radius 1 is 1.47 bits per heavy atom. The molecule has 2 atom stereocenters. The van der Waals surface area contributed by atoms with Crippen LogP contribution in [0.25, 0.3) is 0 Å². The molecule has 4 heteroatoms. The van der Waals surface area contributed by atoms with Gasteiger partial charge in [0.1, 0.15) is 0 Å². The van der Waals surface area contributed by atoms with Crippen molar-refractivity contribution in [2.75, 3.05) is 32.8 Å². The highest BCUT2D eigenvalue weighted by molar-refractivity contribution is 9.10. The average Bonchev–Trinajstić information content (AvgIpc) is 2.45. The van der Waals surface area contributed by atoms with E-state index in [4.69, 9.17) is 4.74 Å². The lowest BCUT2D eigenvalue weighted by Crippen LogP contribution is -2.46. The fourth-order valence-corrected chi connectivity index (χ4v) is 3.06. The van der Waals surface area contributed by atoms with Crippen LogP contribution in [0.1, 0.15) is 25.5 Å². The Hall–Kier alpha value is -0.420. The Kier molecular flexibility index (Phi) is 5.82. The summed E-state index contributed by atoms with van der Waals surface area (Å²) in [6, 6.07) is 8.69. The van der Waals surface area contributed by atoms with Crippen molar-refractivity contribution < 1.29 is 4.74 Å². The Balaban J connectivity index is 1.83. The van der Waals surface area contributed by atoms with Gasteiger partial charge in [0.2, 0.25) is 0 Å². The number of hydrogen-bond donors (Lipinski definition) is 1. The number of hydrogen-bond acceptors (Lipinski definition) is 3. The molecular formula is C15H23BrN2O. The maximum absolute atomic E-state index is 5.81. The number of rotatable bonds is 5. The Bertz CT molecular complexity index is 399. The van der Waals surface area contributed by atoms with Crippen molar-refractivity contribution >= 4 is 15.9 Å². The minimum Gasteiger partial charge on any atom is -0.374 e. The van der Waals surface area contributed by atoms with Gasteiger partial charge in [-0.15, -0.1) is 0 Å². The molecule has 1 aromatic rings. The van der Waals surface area contributed by atoms with Crippen LogP contribution < -0.4 is 5.32 Å². The largest absolute Gasteiger partial charge is 0.374 e. The molecule has 3 nitrogen and oxygen atoms in total. The third kappa shape index (κ3) is 4.28. The van der Waals surface area contributed by atoms with E-state index in [-0.39, 0.29) is 0 Å². The maximum atomic E-state index is 5.81. The van der Waals surface area contributed by atoms with Crippen LogP contribution in [0.3, 0.4) is 0 Å². The zero-order valence-electron chi connectivity index (χ0n) is 11.7. The first kappa shape index (κ1) is 15.0. The average molecular weight is 327 g/mol. The number of nitrogens with one attached hydrogen (secondary N) is 1. The molecule has 1 saturated heterocycles. The Morgan fingerprint density at radius 3 is 3.00 bits per heavy atom. The summed E-state index contributed by atoms with van der Waals surface area (Å²) >= 11 is 3.60. The van der Waals surface area contributed by atoms with Gasteiger partial charge in [0.05, 0.1) is 12.7 Å². The Labute approximate surface area is 124 Å². The summed E-state index contributed by atoms with van der Waals surface area (Å²) in [6.07, 6.45) is 0.304. The molecule has 1 fully saturated rings. The van der Waals surface area contributed by atoms with E-state index in [1.165, 1.54) is 5.56 Å². The number of nitrogens with zero attached hydrogens (tertiary/aromatic N) is 1. The van der Waals surface area contributed by atoms with Crippen LogP contribution in [0, 0.1) is 0 Å². The van der Waals surface area contributed by atoms with Crippen LogP contribution in [0.2, 0.25) is 0 Å². The van der Waals surface area contributed by atoms with Crippen molar-refractivity contribution in [3.63, 3.8) is 0 Å². The van der Waals surface area contributed by atoms with Crippen LogP contribution in [0.15, 0.2) is 28.7 Å². The summed E-state index contributed by atoms with van der Waals surface area (Å²) in [5, 5.41) is 3.57. The zero-order chi connectivity index (χ0) is 13.7. The number of morpholine rings is 1. The summed E-state index contributed by atoms with van der Waals surface area (Å²) < 4.78 is 6.97. The van der Waals surface area contributed by atoms with E-state index in [1.54, 1.807) is 0 Å². The van der Waals surface area contributed by atoms with Gasteiger partial charge in [-0.3, -0.25) is 4.90 Å². The molecule has 0 aliphatic carbocycles. The molecule has 1 heterocycles. The van der Waals surface area contributed by atoms with Gasteiger partial charge in [-0.05, 0) is 25.1 Å². The monoisotopic (exact) mass is 326 g/mol. The first-order chi connectivity index (χ1) is 9.20. The smallest absolute Gasteiger partial charge is 0.0826 e. The van der Waals surface area contributed by atoms with Crippen LogP contribution in [-0.2, 0) is 4.74 Å². The summed E-state index contributed by atoms with van der Waals surface area (Å²) in [5.41, 5.74) is 1.30. The highest BCUT2D eigenvalue weighted by atomic mass is 79.9. The predicted molar refractivity (Wildman–Crippen MR) is 82.4 cm³/mol. The molecule has 0 saturated carbocycles. The Morgan fingerprint density at radius 2 is 2.26 bits per heavy atom. The van der Waals surface area contributed by atoms with Gasteiger partial charge in [0.25, 0.3) is 0 Å². The van der Waals surface area contributed by atoms with Gasteiger partial charge < -0.3 is 10.1 Å². The molecule has 19 heavy (non-hydrogen) atoms. The van der Waals surface area contributed by atoms with Crippen LogP contribution in [0.5, 0.6) is 0 Å². The third-order valence-corrected chi connectivity index (χ3v) is 4.42. The van der Waals surface area contributed by atoms with E-state index >= 15 is 0 Å². The SMILES string of the molecule is CCN1CCOC(CN[C@H](C)c2ccccc2Br)C1. The molecule has 1 aliphatic heterocycles. The van der Waals surface area contributed by atoms with Crippen molar-refractivity contribution in [3.05, 3.63) is 34.3 Å². The van der Waals surface area contributed by atoms with E-state index in [0.717, 1.165) is 37.3 Å². The first-order valence-electron chi connectivity index (χ1n) is 7.02. The van der Waals surface area contributed by atoms with E-state index in [2.05, 4.69) is 58.2 Å². The van der Waals surface area contributed by atoms with E-state index < -0.39 is 0 Å². The van der Waals surface area contributed by atoms with Gasteiger partial charge in [0, 0.05) is 30.1 Å². The standard InChI is InChI=1S/C15H23BrN2O/c1-3-18-8-9-19-13(11-18)10-17-12(2)14-6-4-5-7-15(14)16/h4-7,12-13,17H,3,8-11H2,1-2H3/t12-,13?/m1/s1. The second-order valence-electron chi connectivity index (χ2n) is 5.04. The molecule has 0 aromatic heterocycles. The third-order valence-electron chi connectivity index (χ3n) is 3.69. The zero-order valence-corrected chi connectivity index (χ0v) is 13.3. The van der Waals surface area contributed by atoms with E-state index in [0.29, 0.717) is 12.1 Å². The van der Waals surface area contributed by atoms with Gasteiger partial charge in [-0.1, -0.05) is 41.1 Å². The van der Waals surface area contributed by atoms with Crippen molar-refractivity contribution in [1.29, 1.82) is 0 Å². The molecule has 0 spiro atoms. The number of benzene rings is 1. The number of likely N-dealkylation sites (N-methyl/N-ethyl adjacent to an activating group) is 1. The van der Waals surface area contributed by atoms with Crippen LogP contribution >= 0.6 is 15.9 Å². The van der Waals surface area contributed by atoms with Gasteiger partial charge in [-0.2, -0.15) is 0 Å². The lowest BCUT2D eigenvalue weighted by molar-refractivity contribution is -0.0262. The lowest BCUT2D eigenvalue weighted by Gasteiger charge is -2.33.